The summed E-state index contributed by atoms with van der Waals surface area (Å²) < 4.78 is 56.8. The molecule has 0 bridgehead atoms. The van der Waals surface area contributed by atoms with Crippen molar-refractivity contribution in [3.8, 4) is 5.75 Å². The van der Waals surface area contributed by atoms with Gasteiger partial charge in [-0.05, 0) is 49.6 Å². The number of alkyl halides is 4. The Balaban J connectivity index is 1.61. The maximum absolute atomic E-state index is 13.4. The minimum atomic E-state index is -2.95. The van der Waals surface area contributed by atoms with Gasteiger partial charge in [0.05, 0.1) is 0 Å². The van der Waals surface area contributed by atoms with Crippen molar-refractivity contribution in [1.29, 1.82) is 0 Å². The van der Waals surface area contributed by atoms with Crippen molar-refractivity contribution in [2.75, 3.05) is 5.32 Å². The van der Waals surface area contributed by atoms with Gasteiger partial charge in [-0.2, -0.15) is 13.9 Å². The number of nitrogens with zero attached hydrogens (tertiary/aromatic N) is 3. The van der Waals surface area contributed by atoms with Crippen LogP contribution in [0.4, 0.5) is 23.2 Å². The number of hydrogen-bond acceptors (Lipinski definition) is 4. The third-order valence-electron chi connectivity index (χ3n) is 4.60. The molecule has 0 atom stereocenters. The van der Waals surface area contributed by atoms with Gasteiger partial charge in [-0.25, -0.2) is 18.3 Å². The highest BCUT2D eigenvalue weighted by Gasteiger charge is 2.28. The van der Waals surface area contributed by atoms with E-state index in [1.807, 2.05) is 0 Å². The fourth-order valence-corrected chi connectivity index (χ4v) is 3.01. The average Bonchev–Trinajstić information content (AvgIpc) is 3.41. The fourth-order valence-electron chi connectivity index (χ4n) is 3.01. The molecular weight excluding hydrogens is 392 g/mol. The number of anilines is 1. The molecule has 4 rings (SSSR count). The van der Waals surface area contributed by atoms with Gasteiger partial charge < -0.3 is 10.1 Å². The second-order valence-electron chi connectivity index (χ2n) is 6.79. The summed E-state index contributed by atoms with van der Waals surface area (Å²) in [5.74, 6) is -0.503. The van der Waals surface area contributed by atoms with Gasteiger partial charge >= 0.3 is 6.61 Å². The molecule has 0 unspecified atom stereocenters. The third kappa shape index (κ3) is 4.01. The summed E-state index contributed by atoms with van der Waals surface area (Å²) in [4.78, 5) is 16.9. The van der Waals surface area contributed by atoms with Crippen LogP contribution in [0, 0.1) is 6.92 Å². The van der Waals surface area contributed by atoms with Gasteiger partial charge in [-0.3, -0.25) is 4.79 Å². The van der Waals surface area contributed by atoms with E-state index in [4.69, 9.17) is 0 Å². The molecule has 0 saturated heterocycles. The highest BCUT2D eigenvalue weighted by atomic mass is 19.3. The van der Waals surface area contributed by atoms with Crippen molar-refractivity contribution in [3.63, 3.8) is 0 Å². The molecule has 1 N–H and O–H groups in total. The van der Waals surface area contributed by atoms with Crippen LogP contribution in [-0.2, 0) is 0 Å². The molecule has 3 aromatic rings. The lowest BCUT2D eigenvalue weighted by atomic mass is 10.2. The monoisotopic (exact) mass is 408 g/mol. The molecule has 2 heterocycles. The van der Waals surface area contributed by atoms with Crippen LogP contribution in [0.25, 0.3) is 5.65 Å². The zero-order chi connectivity index (χ0) is 20.7. The van der Waals surface area contributed by atoms with E-state index in [2.05, 4.69) is 20.1 Å². The van der Waals surface area contributed by atoms with E-state index in [0.717, 1.165) is 17.4 Å². The van der Waals surface area contributed by atoms with E-state index in [9.17, 15) is 22.4 Å². The minimum Gasteiger partial charge on any atom is -0.435 e. The number of carbonyl (C=O) groups excluding carboxylic acids is 1. The summed E-state index contributed by atoms with van der Waals surface area (Å²) >= 11 is 0. The lowest BCUT2D eigenvalue weighted by Gasteiger charge is -2.10. The molecule has 1 fully saturated rings. The summed E-state index contributed by atoms with van der Waals surface area (Å²) in [5.41, 5.74) is 1.19. The van der Waals surface area contributed by atoms with E-state index in [1.165, 1.54) is 30.3 Å². The van der Waals surface area contributed by atoms with Crippen LogP contribution in [0.5, 0.6) is 5.75 Å². The van der Waals surface area contributed by atoms with Crippen molar-refractivity contribution in [3.05, 3.63) is 53.0 Å². The van der Waals surface area contributed by atoms with Crippen molar-refractivity contribution >= 4 is 17.2 Å². The smallest absolute Gasteiger partial charge is 0.387 e. The van der Waals surface area contributed by atoms with Gasteiger partial charge in [0.2, 0.25) is 0 Å². The summed E-state index contributed by atoms with van der Waals surface area (Å²) in [6.07, 6.45) is -0.964. The Bertz CT molecular complexity index is 1080. The molecule has 2 aromatic heterocycles. The minimum absolute atomic E-state index is 0.0402. The average molecular weight is 408 g/mol. The zero-order valence-corrected chi connectivity index (χ0v) is 15.2. The molecule has 0 aliphatic heterocycles. The van der Waals surface area contributed by atoms with E-state index in [1.54, 1.807) is 6.92 Å². The number of aromatic nitrogens is 3. The molecule has 1 aromatic carbocycles. The Kier molecular flexibility index (Phi) is 4.85. The normalized spacial score (nSPS) is 14.0. The van der Waals surface area contributed by atoms with Crippen molar-refractivity contribution < 1.29 is 27.1 Å². The maximum Gasteiger partial charge on any atom is 0.387 e. The summed E-state index contributed by atoms with van der Waals surface area (Å²) in [5, 5.41) is 6.57. The highest BCUT2D eigenvalue weighted by Crippen LogP contribution is 2.40. The number of rotatable bonds is 6. The number of halogens is 4. The molecule has 0 spiro atoms. The number of amides is 1. The summed E-state index contributed by atoms with van der Waals surface area (Å²) in [6, 6.07) is 6.72. The predicted octanol–water partition coefficient (Wildman–Crippen LogP) is 4.71. The van der Waals surface area contributed by atoms with Crippen LogP contribution in [0.3, 0.4) is 0 Å². The van der Waals surface area contributed by atoms with Crippen molar-refractivity contribution in [2.24, 2.45) is 0 Å². The van der Waals surface area contributed by atoms with E-state index >= 15 is 0 Å². The third-order valence-corrected chi connectivity index (χ3v) is 4.60. The zero-order valence-electron chi connectivity index (χ0n) is 15.2. The predicted molar refractivity (Wildman–Crippen MR) is 95.7 cm³/mol. The summed E-state index contributed by atoms with van der Waals surface area (Å²) in [7, 11) is 0. The van der Waals surface area contributed by atoms with Gasteiger partial charge in [0, 0.05) is 23.4 Å². The van der Waals surface area contributed by atoms with Gasteiger partial charge in [0.15, 0.2) is 11.3 Å². The largest absolute Gasteiger partial charge is 0.435 e. The number of fused-ring (bicyclic) bond motifs is 1. The van der Waals surface area contributed by atoms with E-state index in [0.29, 0.717) is 16.9 Å². The van der Waals surface area contributed by atoms with E-state index < -0.39 is 18.9 Å². The number of carbonyl (C=O) groups is 1. The first-order valence-electron chi connectivity index (χ1n) is 8.87. The van der Waals surface area contributed by atoms with Gasteiger partial charge in [0.25, 0.3) is 12.3 Å². The second kappa shape index (κ2) is 7.34. The standard InChI is InChI=1S/C19H16F4N4O2/c1-9-6-11(29-19(22)23)4-5-12(9)25-18(28)14-8-16-24-13(10-2-3-10)7-15(17(20)21)27(16)26-14/h4-8,10,17,19H,2-3H2,1H3,(H,25,28). The molecule has 10 heteroatoms. The maximum atomic E-state index is 13.4. The Hall–Kier alpha value is -3.17. The Labute approximate surface area is 162 Å². The van der Waals surface area contributed by atoms with Crippen molar-refractivity contribution in [2.45, 2.75) is 38.7 Å². The number of hydrogen-bond donors (Lipinski definition) is 1. The number of benzene rings is 1. The first-order valence-corrected chi connectivity index (χ1v) is 8.87. The first kappa shape index (κ1) is 19.2. The number of ether oxygens (including phenoxy) is 1. The summed E-state index contributed by atoms with van der Waals surface area (Å²) in [6.45, 7) is -1.35. The molecule has 1 amide bonds. The van der Waals surface area contributed by atoms with Crippen LogP contribution in [0.1, 0.15) is 52.6 Å². The number of nitrogens with one attached hydrogen (secondary N) is 1. The molecular formula is C19H16F4N4O2. The lowest BCUT2D eigenvalue weighted by Crippen LogP contribution is -2.14. The van der Waals surface area contributed by atoms with E-state index in [-0.39, 0.29) is 28.7 Å². The molecule has 1 aliphatic rings. The topological polar surface area (TPSA) is 68.5 Å². The van der Waals surface area contributed by atoms with Gasteiger partial charge in [-0.15, -0.1) is 0 Å². The first-order chi connectivity index (χ1) is 13.8. The van der Waals surface area contributed by atoms with Crippen LogP contribution in [0.2, 0.25) is 0 Å². The van der Waals surface area contributed by atoms with Gasteiger partial charge in [0.1, 0.15) is 11.4 Å². The van der Waals surface area contributed by atoms with Crippen LogP contribution in [0.15, 0.2) is 30.3 Å². The second-order valence-corrected chi connectivity index (χ2v) is 6.79. The van der Waals surface area contributed by atoms with Gasteiger partial charge in [-0.1, -0.05) is 0 Å². The van der Waals surface area contributed by atoms with Crippen LogP contribution >= 0.6 is 0 Å². The number of aryl methyl sites for hydroxylation is 1. The molecule has 6 nitrogen and oxygen atoms in total. The SMILES string of the molecule is Cc1cc(OC(F)F)ccc1NC(=O)c1cc2nc(C3CC3)cc(C(F)F)n2n1. The molecule has 1 aliphatic carbocycles. The van der Waals surface area contributed by atoms with Crippen LogP contribution < -0.4 is 10.1 Å². The van der Waals surface area contributed by atoms with Crippen molar-refractivity contribution in [1.82, 2.24) is 14.6 Å². The fraction of sp³-hybridized carbons (Fsp3) is 0.316. The van der Waals surface area contributed by atoms with Crippen LogP contribution in [-0.4, -0.2) is 27.1 Å². The highest BCUT2D eigenvalue weighted by molar-refractivity contribution is 6.03. The molecule has 1 saturated carbocycles. The molecule has 29 heavy (non-hydrogen) atoms. The molecule has 152 valence electrons. The lowest BCUT2D eigenvalue weighted by molar-refractivity contribution is -0.0498. The molecule has 0 radical (unpaired) electrons. The Morgan fingerprint density at radius 1 is 1.21 bits per heavy atom. The Morgan fingerprint density at radius 2 is 1.97 bits per heavy atom. The Morgan fingerprint density at radius 3 is 2.59 bits per heavy atom. The quantitative estimate of drug-likeness (QED) is 0.600.